The molecule has 1 aromatic heterocycles. The maximum Gasteiger partial charge on any atom is 0.243 e. The van der Waals surface area contributed by atoms with Gasteiger partial charge in [-0.15, -0.1) is 0 Å². The maximum absolute atomic E-state index is 15.5. The fourth-order valence-corrected chi connectivity index (χ4v) is 5.07. The van der Waals surface area contributed by atoms with Crippen molar-refractivity contribution in [3.8, 4) is 0 Å². The summed E-state index contributed by atoms with van der Waals surface area (Å²) < 4.78 is 15.5. The Morgan fingerprint density at radius 3 is 2.63 bits per heavy atom. The van der Waals surface area contributed by atoms with Crippen LogP contribution in [-0.2, 0) is 9.59 Å². The van der Waals surface area contributed by atoms with Gasteiger partial charge in [0.25, 0.3) is 0 Å². The van der Waals surface area contributed by atoms with Gasteiger partial charge in [-0.05, 0) is 53.0 Å². The van der Waals surface area contributed by atoms with E-state index in [0.29, 0.717) is 35.8 Å². The monoisotopic (exact) mass is 493 g/mol. The lowest BCUT2D eigenvalue weighted by Gasteiger charge is -2.31. The van der Waals surface area contributed by atoms with Crippen molar-refractivity contribution < 1.29 is 19.2 Å². The van der Waals surface area contributed by atoms with Crippen LogP contribution in [0.25, 0.3) is 0 Å². The predicted molar refractivity (Wildman–Crippen MR) is 131 cm³/mol. The van der Waals surface area contributed by atoms with Crippen LogP contribution in [0.2, 0.25) is 0 Å². The number of hydroxylamine groups is 2. The number of hydrogen-bond acceptors (Lipinski definition) is 8. The molecular formula is C24H40FN7O3. The summed E-state index contributed by atoms with van der Waals surface area (Å²) in [6.07, 6.45) is 7.02. The largest absolute Gasteiger partial charge is 0.350 e. The summed E-state index contributed by atoms with van der Waals surface area (Å²) in [4.78, 5) is 36.6. The Hall–Kier alpha value is -2.53. The van der Waals surface area contributed by atoms with Crippen molar-refractivity contribution in [3.63, 3.8) is 0 Å². The van der Waals surface area contributed by atoms with Gasteiger partial charge in [0.1, 0.15) is 5.82 Å². The van der Waals surface area contributed by atoms with Crippen LogP contribution < -0.4 is 15.8 Å². The van der Waals surface area contributed by atoms with E-state index in [2.05, 4.69) is 46.6 Å². The Morgan fingerprint density at radius 1 is 1.26 bits per heavy atom. The van der Waals surface area contributed by atoms with Gasteiger partial charge in [0.15, 0.2) is 11.6 Å². The van der Waals surface area contributed by atoms with Gasteiger partial charge >= 0.3 is 0 Å². The average Bonchev–Trinajstić information content (AvgIpc) is 3.50. The molecule has 1 saturated carbocycles. The lowest BCUT2D eigenvalue weighted by atomic mass is 9.92. The molecule has 1 aliphatic carbocycles. The van der Waals surface area contributed by atoms with Crippen molar-refractivity contribution in [2.75, 3.05) is 37.0 Å². The molecule has 196 valence electrons. The van der Waals surface area contributed by atoms with Crippen molar-refractivity contribution in [2.45, 2.75) is 77.8 Å². The van der Waals surface area contributed by atoms with Gasteiger partial charge in [0, 0.05) is 25.2 Å². The van der Waals surface area contributed by atoms with Crippen LogP contribution in [0.1, 0.15) is 64.6 Å². The van der Waals surface area contributed by atoms with Crippen molar-refractivity contribution in [1.82, 2.24) is 25.4 Å². The molecule has 3 N–H and O–H groups in total. The summed E-state index contributed by atoms with van der Waals surface area (Å²) in [6.45, 7) is 7.34. The molecule has 3 rings (SSSR count). The van der Waals surface area contributed by atoms with Crippen LogP contribution in [0.15, 0.2) is 0 Å². The van der Waals surface area contributed by atoms with Crippen molar-refractivity contribution in [3.05, 3.63) is 11.6 Å². The molecule has 1 aromatic rings. The van der Waals surface area contributed by atoms with E-state index in [1.54, 1.807) is 6.92 Å². The Morgan fingerprint density at radius 2 is 1.97 bits per heavy atom. The molecule has 0 unspecified atom stereocenters. The van der Waals surface area contributed by atoms with Crippen molar-refractivity contribution in [2.24, 2.45) is 11.8 Å². The summed E-state index contributed by atoms with van der Waals surface area (Å²) in [5, 5.41) is 10.2. The number of nitrogens with one attached hydrogen (secondary N) is 2. The Balaban J connectivity index is 1.71. The number of rotatable bonds is 12. The summed E-state index contributed by atoms with van der Waals surface area (Å²) in [6, 6.07) is 0.524. The molecule has 0 bridgehead atoms. The van der Waals surface area contributed by atoms with Gasteiger partial charge in [0.2, 0.25) is 18.1 Å². The topological polar surface area (TPSA) is 114 Å². The van der Waals surface area contributed by atoms with Crippen LogP contribution >= 0.6 is 0 Å². The lowest BCUT2D eigenvalue weighted by molar-refractivity contribution is -0.154. The number of carbonyl (C=O) groups is 2. The van der Waals surface area contributed by atoms with Gasteiger partial charge in [-0.3, -0.25) is 25.6 Å². The number of aromatic nitrogens is 2. The normalized spacial score (nSPS) is 19.4. The highest BCUT2D eigenvalue weighted by Gasteiger charge is 2.31. The molecule has 10 nitrogen and oxygen atoms in total. The minimum atomic E-state index is -0.624. The van der Waals surface area contributed by atoms with Crippen molar-refractivity contribution >= 4 is 24.0 Å². The summed E-state index contributed by atoms with van der Waals surface area (Å²) in [5.74, 6) is -0.761. The first kappa shape index (κ1) is 27.1. The van der Waals surface area contributed by atoms with Gasteiger partial charge in [-0.1, -0.05) is 25.7 Å². The molecule has 35 heavy (non-hydrogen) atoms. The van der Waals surface area contributed by atoms with Gasteiger partial charge in [-0.2, -0.15) is 4.39 Å². The SMILES string of the molecule is Cc1nc(NNC(=O)[C@@H](CC2CCCC2)CN(O)C=O)c(F)c(N2CCC[C@H]2CN(C)C(C)C)n1. The smallest absolute Gasteiger partial charge is 0.243 e. The van der Waals surface area contributed by atoms with Crippen LogP contribution in [0.3, 0.4) is 0 Å². The quantitative estimate of drug-likeness (QED) is 0.231. The Kier molecular flexibility index (Phi) is 9.62. The zero-order valence-corrected chi connectivity index (χ0v) is 21.3. The molecule has 11 heteroatoms. The first-order valence-electron chi connectivity index (χ1n) is 12.7. The van der Waals surface area contributed by atoms with E-state index in [0.717, 1.165) is 45.1 Å². The zero-order valence-electron chi connectivity index (χ0n) is 21.3. The summed E-state index contributed by atoms with van der Waals surface area (Å²) >= 11 is 0. The molecule has 2 amide bonds. The molecule has 1 saturated heterocycles. The fourth-order valence-electron chi connectivity index (χ4n) is 5.07. The Bertz CT molecular complexity index is 866. The third-order valence-electron chi connectivity index (χ3n) is 7.27. The van der Waals surface area contributed by atoms with E-state index < -0.39 is 17.6 Å². The van der Waals surface area contributed by atoms with Gasteiger partial charge in [0.05, 0.1) is 12.5 Å². The van der Waals surface area contributed by atoms with E-state index in [1.165, 1.54) is 0 Å². The van der Waals surface area contributed by atoms with Crippen LogP contribution in [0.4, 0.5) is 16.0 Å². The minimum Gasteiger partial charge on any atom is -0.350 e. The van der Waals surface area contributed by atoms with E-state index in [1.807, 2.05) is 4.90 Å². The predicted octanol–water partition coefficient (Wildman–Crippen LogP) is 2.72. The van der Waals surface area contributed by atoms with E-state index in [9.17, 15) is 14.8 Å². The first-order valence-corrected chi connectivity index (χ1v) is 12.7. The number of aryl methyl sites for hydroxylation is 1. The highest BCUT2D eigenvalue weighted by molar-refractivity contribution is 5.80. The van der Waals surface area contributed by atoms with Crippen molar-refractivity contribution in [1.29, 1.82) is 0 Å². The van der Waals surface area contributed by atoms with E-state index in [4.69, 9.17) is 0 Å². The molecule has 1 aliphatic heterocycles. The number of nitrogens with zero attached hydrogens (tertiary/aromatic N) is 5. The van der Waals surface area contributed by atoms with Gasteiger partial charge < -0.3 is 9.80 Å². The van der Waals surface area contributed by atoms with Gasteiger partial charge in [-0.25, -0.2) is 15.0 Å². The average molecular weight is 494 g/mol. The molecule has 0 spiro atoms. The second kappa shape index (κ2) is 12.4. The number of carbonyl (C=O) groups excluding carboxylic acids is 2. The number of anilines is 2. The molecule has 0 aromatic carbocycles. The van der Waals surface area contributed by atoms with E-state index >= 15 is 4.39 Å². The number of halogens is 1. The highest BCUT2D eigenvalue weighted by atomic mass is 19.1. The van der Waals surface area contributed by atoms with Crippen LogP contribution in [0, 0.1) is 24.6 Å². The lowest BCUT2D eigenvalue weighted by Crippen LogP contribution is -2.43. The molecule has 0 radical (unpaired) electrons. The van der Waals surface area contributed by atoms with Crippen LogP contribution in [0.5, 0.6) is 0 Å². The zero-order chi connectivity index (χ0) is 25.5. The van der Waals surface area contributed by atoms with Crippen LogP contribution in [-0.4, -0.2) is 76.2 Å². The number of amides is 2. The third kappa shape index (κ3) is 7.23. The number of hydrazine groups is 1. The second-order valence-corrected chi connectivity index (χ2v) is 10.2. The molecule has 2 atom stereocenters. The molecule has 2 heterocycles. The minimum absolute atomic E-state index is 0.0976. The molecule has 2 aliphatic rings. The Labute approximate surface area is 207 Å². The summed E-state index contributed by atoms with van der Waals surface area (Å²) in [7, 11) is 2.06. The fraction of sp³-hybridized carbons (Fsp3) is 0.750. The summed E-state index contributed by atoms with van der Waals surface area (Å²) in [5.41, 5.74) is 5.18. The number of likely N-dealkylation sites (N-methyl/N-ethyl adjacent to an activating group) is 1. The molecular weight excluding hydrogens is 453 g/mol. The maximum atomic E-state index is 15.5. The van der Waals surface area contributed by atoms with E-state index in [-0.39, 0.29) is 30.6 Å². The standard InChI is InChI=1S/C24H40FN7O3/c1-16(2)30(4)14-20-10-7-11-32(20)23-21(25)22(26-17(3)27-23)28-29-24(34)19(13-31(35)15-33)12-18-8-5-6-9-18/h15-16,18-20,35H,5-14H2,1-4H3,(H,29,34)(H,26,27,28)/t19-,20-/m0/s1. The highest BCUT2D eigenvalue weighted by Crippen LogP contribution is 2.31. The first-order chi connectivity index (χ1) is 16.7. The number of hydrogen-bond donors (Lipinski definition) is 3. The second-order valence-electron chi connectivity index (χ2n) is 10.2. The third-order valence-corrected chi connectivity index (χ3v) is 7.27. The molecule has 2 fully saturated rings.